The van der Waals surface area contributed by atoms with Crippen LogP contribution >= 0.6 is 12.4 Å². The first kappa shape index (κ1) is 16.3. The Bertz CT molecular complexity index is 493. The molecule has 20 heavy (non-hydrogen) atoms. The van der Waals surface area contributed by atoms with Gasteiger partial charge in [-0.1, -0.05) is 18.2 Å². The van der Waals surface area contributed by atoms with Gasteiger partial charge < -0.3 is 16.0 Å². The first-order valence-corrected chi connectivity index (χ1v) is 6.45. The molecule has 1 aromatic carbocycles. The van der Waals surface area contributed by atoms with Gasteiger partial charge in [0.2, 0.25) is 11.8 Å². The number of nitrogens with one attached hydrogen (secondary N) is 1. The van der Waals surface area contributed by atoms with Gasteiger partial charge in [0.25, 0.3) is 0 Å². The van der Waals surface area contributed by atoms with Gasteiger partial charge in [0.15, 0.2) is 0 Å². The maximum absolute atomic E-state index is 11.8. The van der Waals surface area contributed by atoms with Gasteiger partial charge in [-0.2, -0.15) is 0 Å². The molecular weight excluding hydrogens is 278 g/mol. The Hall–Kier alpha value is -1.75. The third-order valence-electron chi connectivity index (χ3n) is 3.44. The molecule has 1 saturated heterocycles. The predicted octanol–water partition coefficient (Wildman–Crippen LogP) is 0.970. The van der Waals surface area contributed by atoms with Crippen LogP contribution in [0.5, 0.6) is 0 Å². The standard InChI is InChI=1S/C14H19N3O2.ClH/c1-17-9-8-12(14(17)19)16-13(18)7-6-10-4-2-3-5-11(10)15;/h2-5,12H,6-9,15H2,1H3,(H,16,18);1H. The Morgan fingerprint density at radius 1 is 1.45 bits per heavy atom. The number of amides is 2. The maximum Gasteiger partial charge on any atom is 0.244 e. The van der Waals surface area contributed by atoms with E-state index >= 15 is 0 Å². The smallest absolute Gasteiger partial charge is 0.244 e. The Morgan fingerprint density at radius 2 is 2.15 bits per heavy atom. The topological polar surface area (TPSA) is 75.4 Å². The van der Waals surface area contributed by atoms with Gasteiger partial charge in [0.1, 0.15) is 6.04 Å². The second-order valence-corrected chi connectivity index (χ2v) is 4.87. The van der Waals surface area contributed by atoms with Crippen LogP contribution in [-0.2, 0) is 16.0 Å². The van der Waals surface area contributed by atoms with Crippen molar-refractivity contribution in [2.24, 2.45) is 0 Å². The summed E-state index contributed by atoms with van der Waals surface area (Å²) in [5.74, 6) is -0.107. The van der Waals surface area contributed by atoms with Gasteiger partial charge in [-0.25, -0.2) is 0 Å². The fraction of sp³-hybridized carbons (Fsp3) is 0.429. The van der Waals surface area contributed by atoms with E-state index in [1.165, 1.54) is 0 Å². The van der Waals surface area contributed by atoms with Crippen molar-refractivity contribution < 1.29 is 9.59 Å². The number of anilines is 1. The van der Waals surface area contributed by atoms with Crippen molar-refractivity contribution >= 4 is 29.9 Å². The zero-order chi connectivity index (χ0) is 13.8. The van der Waals surface area contributed by atoms with Gasteiger partial charge in [0, 0.05) is 25.7 Å². The molecule has 1 aromatic rings. The minimum atomic E-state index is -0.356. The zero-order valence-electron chi connectivity index (χ0n) is 11.5. The molecule has 0 spiro atoms. The minimum Gasteiger partial charge on any atom is -0.399 e. The Labute approximate surface area is 124 Å². The van der Waals surface area contributed by atoms with Crippen LogP contribution in [0.25, 0.3) is 0 Å². The highest BCUT2D eigenvalue weighted by atomic mass is 35.5. The Morgan fingerprint density at radius 3 is 2.75 bits per heavy atom. The van der Waals surface area contributed by atoms with Crippen LogP contribution in [0.4, 0.5) is 5.69 Å². The summed E-state index contributed by atoms with van der Waals surface area (Å²) in [6, 6.07) is 7.15. The first-order chi connectivity index (χ1) is 9.08. The van der Waals surface area contributed by atoms with Gasteiger partial charge in [-0.05, 0) is 24.5 Å². The van der Waals surface area contributed by atoms with Gasteiger partial charge in [0.05, 0.1) is 0 Å². The number of hydrogen-bond acceptors (Lipinski definition) is 3. The van der Waals surface area contributed by atoms with E-state index in [0.29, 0.717) is 31.5 Å². The van der Waals surface area contributed by atoms with E-state index in [4.69, 9.17) is 5.73 Å². The zero-order valence-corrected chi connectivity index (χ0v) is 12.3. The second kappa shape index (κ2) is 7.14. The molecule has 3 N–H and O–H groups in total. The van der Waals surface area contributed by atoms with Crippen molar-refractivity contribution in [1.29, 1.82) is 0 Å². The van der Waals surface area contributed by atoms with Crippen molar-refractivity contribution in [3.8, 4) is 0 Å². The normalized spacial score (nSPS) is 17.8. The summed E-state index contributed by atoms with van der Waals surface area (Å²) >= 11 is 0. The van der Waals surface area contributed by atoms with E-state index in [-0.39, 0.29) is 30.3 Å². The SMILES string of the molecule is CN1CCC(NC(=O)CCc2ccccc2N)C1=O.Cl. The number of likely N-dealkylation sites (tertiary alicyclic amines) is 1. The van der Waals surface area contributed by atoms with Crippen LogP contribution in [0.2, 0.25) is 0 Å². The third kappa shape index (κ3) is 3.87. The highest BCUT2D eigenvalue weighted by Crippen LogP contribution is 2.13. The summed E-state index contributed by atoms with van der Waals surface area (Å²) in [5, 5.41) is 2.78. The fourth-order valence-electron chi connectivity index (χ4n) is 2.23. The summed E-state index contributed by atoms with van der Waals surface area (Å²) in [6.45, 7) is 0.704. The van der Waals surface area contributed by atoms with Crippen LogP contribution in [0.15, 0.2) is 24.3 Å². The number of rotatable bonds is 4. The van der Waals surface area contributed by atoms with E-state index in [2.05, 4.69) is 5.32 Å². The van der Waals surface area contributed by atoms with Crippen molar-refractivity contribution in [2.45, 2.75) is 25.3 Å². The average Bonchev–Trinajstić information content (AvgIpc) is 2.70. The number of aryl methyl sites for hydroxylation is 1. The van der Waals surface area contributed by atoms with E-state index in [1.54, 1.807) is 11.9 Å². The van der Waals surface area contributed by atoms with E-state index in [9.17, 15) is 9.59 Å². The molecule has 0 bridgehead atoms. The molecule has 0 radical (unpaired) electrons. The average molecular weight is 298 g/mol. The van der Waals surface area contributed by atoms with E-state index < -0.39 is 0 Å². The lowest BCUT2D eigenvalue weighted by Crippen LogP contribution is -2.40. The number of nitrogens with two attached hydrogens (primary N) is 1. The molecule has 1 fully saturated rings. The summed E-state index contributed by atoms with van der Waals surface area (Å²) < 4.78 is 0. The number of halogens is 1. The monoisotopic (exact) mass is 297 g/mol. The second-order valence-electron chi connectivity index (χ2n) is 4.87. The Balaban J connectivity index is 0.00000200. The Kier molecular flexibility index (Phi) is 5.82. The molecule has 1 atom stereocenters. The molecule has 1 aliphatic rings. The summed E-state index contributed by atoms with van der Waals surface area (Å²) in [5.41, 5.74) is 7.48. The maximum atomic E-state index is 11.8. The molecule has 1 unspecified atom stereocenters. The number of likely N-dealkylation sites (N-methyl/N-ethyl adjacent to an activating group) is 1. The highest BCUT2D eigenvalue weighted by Gasteiger charge is 2.29. The lowest BCUT2D eigenvalue weighted by Gasteiger charge is -2.12. The molecule has 0 aliphatic carbocycles. The van der Waals surface area contributed by atoms with Crippen molar-refractivity contribution in [2.75, 3.05) is 19.3 Å². The predicted molar refractivity (Wildman–Crippen MR) is 80.6 cm³/mol. The van der Waals surface area contributed by atoms with E-state index in [1.807, 2.05) is 24.3 Å². The molecular formula is C14H20ClN3O2. The van der Waals surface area contributed by atoms with Crippen molar-refractivity contribution in [1.82, 2.24) is 10.2 Å². The van der Waals surface area contributed by atoms with Gasteiger partial charge in [-0.3, -0.25) is 9.59 Å². The first-order valence-electron chi connectivity index (χ1n) is 6.45. The number of hydrogen-bond donors (Lipinski definition) is 2. The van der Waals surface area contributed by atoms with Crippen LogP contribution in [-0.4, -0.2) is 36.3 Å². The number of carbonyl (C=O) groups is 2. The number of nitrogens with zero attached hydrogens (tertiary/aromatic N) is 1. The number of para-hydroxylation sites is 1. The number of benzene rings is 1. The molecule has 0 saturated carbocycles. The largest absolute Gasteiger partial charge is 0.399 e. The number of nitrogen functional groups attached to an aromatic ring is 1. The van der Waals surface area contributed by atoms with Gasteiger partial charge >= 0.3 is 0 Å². The highest BCUT2D eigenvalue weighted by molar-refractivity contribution is 5.89. The molecule has 6 heteroatoms. The lowest BCUT2D eigenvalue weighted by atomic mass is 10.1. The van der Waals surface area contributed by atoms with Crippen LogP contribution in [0.3, 0.4) is 0 Å². The quantitative estimate of drug-likeness (QED) is 0.813. The van der Waals surface area contributed by atoms with Crippen molar-refractivity contribution in [3.05, 3.63) is 29.8 Å². The summed E-state index contributed by atoms with van der Waals surface area (Å²) in [6.07, 6.45) is 1.63. The minimum absolute atomic E-state index is 0. The molecule has 1 heterocycles. The fourth-order valence-corrected chi connectivity index (χ4v) is 2.23. The lowest BCUT2D eigenvalue weighted by molar-refractivity contribution is -0.131. The van der Waals surface area contributed by atoms with Crippen molar-refractivity contribution in [3.63, 3.8) is 0 Å². The molecule has 2 rings (SSSR count). The molecule has 1 aliphatic heterocycles. The molecule has 5 nitrogen and oxygen atoms in total. The molecule has 110 valence electrons. The van der Waals surface area contributed by atoms with Gasteiger partial charge in [-0.15, -0.1) is 12.4 Å². The van der Waals surface area contributed by atoms with Crippen LogP contribution < -0.4 is 11.1 Å². The third-order valence-corrected chi connectivity index (χ3v) is 3.44. The summed E-state index contributed by atoms with van der Waals surface area (Å²) in [4.78, 5) is 25.1. The number of carbonyl (C=O) groups excluding carboxylic acids is 2. The van der Waals surface area contributed by atoms with Crippen LogP contribution in [0.1, 0.15) is 18.4 Å². The van der Waals surface area contributed by atoms with E-state index in [0.717, 1.165) is 5.56 Å². The molecule has 2 amide bonds. The van der Waals surface area contributed by atoms with Crippen LogP contribution in [0, 0.1) is 0 Å². The molecule has 0 aromatic heterocycles. The summed E-state index contributed by atoms with van der Waals surface area (Å²) in [7, 11) is 1.75.